The Morgan fingerprint density at radius 2 is 1.86 bits per heavy atom. The van der Waals surface area contributed by atoms with Crippen LogP contribution in [0.2, 0.25) is 0 Å². The van der Waals surface area contributed by atoms with Crippen molar-refractivity contribution < 1.29 is 27.9 Å². The minimum Gasteiger partial charge on any atom is -0.490 e. The van der Waals surface area contributed by atoms with Gasteiger partial charge in [-0.25, -0.2) is 28.1 Å². The monoisotopic (exact) mass is 808 g/mol. The highest BCUT2D eigenvalue weighted by Gasteiger charge is 2.46. The number of carbonyl (C=O) groups excluding carboxylic acids is 3. The maximum Gasteiger partial charge on any atom is 0.329 e. The van der Waals surface area contributed by atoms with Gasteiger partial charge in [0.2, 0.25) is 11.8 Å². The minimum atomic E-state index is -2.98. The predicted octanol–water partition coefficient (Wildman–Crippen LogP) is 5.45. The second-order valence-corrected chi connectivity index (χ2v) is 16.5. The zero-order chi connectivity index (χ0) is 41.2. The Kier molecular flexibility index (Phi) is 9.80. The molecule has 59 heavy (non-hydrogen) atoms. The molecule has 3 amide bonds. The van der Waals surface area contributed by atoms with E-state index in [1.165, 1.54) is 9.13 Å². The number of pyridine rings is 1. The van der Waals surface area contributed by atoms with Crippen molar-refractivity contribution in [3.8, 4) is 5.75 Å². The molecule has 1 aliphatic carbocycles. The van der Waals surface area contributed by atoms with Crippen LogP contribution < -0.4 is 21.1 Å². The third kappa shape index (κ3) is 7.25. The van der Waals surface area contributed by atoms with Crippen molar-refractivity contribution in [2.24, 2.45) is 13.0 Å². The molecule has 1 saturated carbocycles. The van der Waals surface area contributed by atoms with E-state index in [0.29, 0.717) is 58.0 Å². The van der Waals surface area contributed by atoms with Gasteiger partial charge in [-0.15, -0.1) is 0 Å². The number of imide groups is 1. The summed E-state index contributed by atoms with van der Waals surface area (Å²) in [6.45, 7) is 4.59. The molecule has 2 aliphatic heterocycles. The first-order chi connectivity index (χ1) is 28.3. The molecule has 1 aromatic carbocycles. The second kappa shape index (κ2) is 15.0. The summed E-state index contributed by atoms with van der Waals surface area (Å²) in [4.78, 5) is 62.3. The quantitative estimate of drug-likeness (QED) is 0.181. The van der Waals surface area contributed by atoms with Crippen LogP contribution in [0.5, 0.6) is 5.75 Å². The van der Waals surface area contributed by atoms with Crippen LogP contribution in [-0.4, -0.2) is 87.4 Å². The standard InChI is InChI=1S/C42H46F2N10O5/c1-24(2)59-35-18-36-47-31(22-52(36)21-28(35)39(56)48-30-19-46-53-15-4-14-45-38(30)53)26-7-5-25(6-8-26)20-51-16-13-29(42(43,44)23-51)27-9-10-32-34(17-27)50(3)41(58)54(32)33-11-12-37(55)49-40(33)57/h4,9-10,14-15,17-19,21-22,24-26,29,33H,5-8,11-13,16,20,23H2,1-3H3,(H,48,56)(H,49,55,57)/t25-,26-,29?,33?. The van der Waals surface area contributed by atoms with Crippen LogP contribution in [0.15, 0.2) is 66.1 Å². The van der Waals surface area contributed by atoms with Crippen molar-refractivity contribution >= 4 is 45.7 Å². The number of nitrogens with one attached hydrogen (secondary N) is 2. The molecule has 3 aliphatic rings. The van der Waals surface area contributed by atoms with Gasteiger partial charge < -0.3 is 14.5 Å². The largest absolute Gasteiger partial charge is 0.490 e. The van der Waals surface area contributed by atoms with Gasteiger partial charge in [-0.1, -0.05) is 6.07 Å². The van der Waals surface area contributed by atoms with Gasteiger partial charge in [0.1, 0.15) is 23.1 Å². The molecule has 2 atom stereocenters. The van der Waals surface area contributed by atoms with Gasteiger partial charge >= 0.3 is 5.69 Å². The maximum atomic E-state index is 16.0. The Morgan fingerprint density at radius 3 is 2.63 bits per heavy atom. The summed E-state index contributed by atoms with van der Waals surface area (Å²) in [5, 5.41) is 9.48. The molecule has 17 heteroatoms. The molecule has 2 saturated heterocycles. The first-order valence-electron chi connectivity index (χ1n) is 20.3. The van der Waals surface area contributed by atoms with E-state index < -0.39 is 29.5 Å². The van der Waals surface area contributed by atoms with Gasteiger partial charge in [0, 0.05) is 56.8 Å². The third-order valence-electron chi connectivity index (χ3n) is 12.2. The fourth-order valence-corrected chi connectivity index (χ4v) is 9.27. The number of alkyl halides is 2. The lowest BCUT2D eigenvalue weighted by molar-refractivity contribution is -0.135. The lowest BCUT2D eigenvalue weighted by atomic mass is 9.79. The van der Waals surface area contributed by atoms with Gasteiger partial charge in [-0.05, 0) is 88.6 Å². The molecule has 7 heterocycles. The summed E-state index contributed by atoms with van der Waals surface area (Å²) in [5.41, 5.74) is 3.95. The number of nitrogens with zero attached hydrogens (tertiary/aromatic N) is 8. The average Bonchev–Trinajstić information content (AvgIpc) is 3.88. The van der Waals surface area contributed by atoms with Crippen molar-refractivity contribution in [3.63, 3.8) is 0 Å². The zero-order valence-electron chi connectivity index (χ0n) is 33.1. The number of anilines is 1. The van der Waals surface area contributed by atoms with Crippen LogP contribution in [-0.2, 0) is 16.6 Å². The van der Waals surface area contributed by atoms with Crippen molar-refractivity contribution in [2.45, 2.75) is 88.7 Å². The van der Waals surface area contributed by atoms with E-state index in [-0.39, 0.29) is 55.6 Å². The Bertz CT molecular complexity index is 2670. The number of fused-ring (bicyclic) bond motifs is 3. The molecule has 0 radical (unpaired) electrons. The number of aromatic nitrogens is 7. The maximum absolute atomic E-state index is 16.0. The Morgan fingerprint density at radius 1 is 1.05 bits per heavy atom. The van der Waals surface area contributed by atoms with E-state index in [1.54, 1.807) is 66.7 Å². The number of aryl methyl sites for hydroxylation is 1. The van der Waals surface area contributed by atoms with Gasteiger partial charge in [-0.3, -0.25) is 33.7 Å². The molecule has 5 aromatic heterocycles. The number of piperidine rings is 2. The summed E-state index contributed by atoms with van der Waals surface area (Å²) < 4.78 is 44.3. The normalized spacial score (nSPS) is 22.7. The lowest BCUT2D eigenvalue weighted by Gasteiger charge is -2.41. The highest BCUT2D eigenvalue weighted by atomic mass is 19.3. The number of amides is 3. The van der Waals surface area contributed by atoms with Crippen LogP contribution in [0.3, 0.4) is 0 Å². The number of imidazole rings is 2. The molecular weight excluding hydrogens is 763 g/mol. The van der Waals surface area contributed by atoms with E-state index in [4.69, 9.17) is 9.72 Å². The molecule has 15 nitrogen and oxygen atoms in total. The van der Waals surface area contributed by atoms with E-state index in [1.807, 2.05) is 29.3 Å². The SMILES string of the molecule is CC(C)Oc1cc2nc([C@H]3CC[C@H](CN4CCC(c5ccc6c(c5)n(C)c(=O)n6C5CCC(=O)NC5=O)C(F)(F)C4)CC3)cn2cc1C(=O)Nc1cnn2cccnc12. The number of benzene rings is 1. The fraction of sp³-hybridized carbons (Fsp3) is 0.452. The van der Waals surface area contributed by atoms with Crippen molar-refractivity contribution in [1.82, 2.24) is 43.3 Å². The molecule has 9 rings (SSSR count). The second-order valence-electron chi connectivity index (χ2n) is 16.5. The fourth-order valence-electron chi connectivity index (χ4n) is 9.27. The summed E-state index contributed by atoms with van der Waals surface area (Å²) in [7, 11) is 1.57. The van der Waals surface area contributed by atoms with Crippen LogP contribution in [0.4, 0.5) is 14.5 Å². The van der Waals surface area contributed by atoms with E-state index in [9.17, 15) is 19.2 Å². The molecule has 308 valence electrons. The molecule has 6 aromatic rings. The number of carbonyl (C=O) groups is 3. The number of likely N-dealkylation sites (tertiary alicyclic amines) is 1. The third-order valence-corrected chi connectivity index (χ3v) is 12.2. The van der Waals surface area contributed by atoms with E-state index in [2.05, 4.69) is 20.7 Å². The molecule has 2 N–H and O–H groups in total. The van der Waals surface area contributed by atoms with Gasteiger partial charge in [-0.2, -0.15) is 5.10 Å². The van der Waals surface area contributed by atoms with Crippen LogP contribution in [0, 0.1) is 5.92 Å². The summed E-state index contributed by atoms with van der Waals surface area (Å²) in [5.74, 6) is -4.36. The lowest BCUT2D eigenvalue weighted by Crippen LogP contribution is -2.49. The van der Waals surface area contributed by atoms with E-state index in [0.717, 1.165) is 31.4 Å². The number of rotatable bonds is 9. The average molecular weight is 809 g/mol. The predicted molar refractivity (Wildman–Crippen MR) is 214 cm³/mol. The van der Waals surface area contributed by atoms with Crippen LogP contribution in [0.1, 0.15) is 98.3 Å². The zero-order valence-corrected chi connectivity index (χ0v) is 33.1. The molecule has 3 fully saturated rings. The summed E-state index contributed by atoms with van der Waals surface area (Å²) in [6.07, 6.45) is 12.6. The molecule has 0 bridgehead atoms. The highest BCUT2D eigenvalue weighted by molar-refractivity contribution is 6.07. The van der Waals surface area contributed by atoms with Crippen LogP contribution in [0.25, 0.3) is 22.3 Å². The van der Waals surface area contributed by atoms with Crippen molar-refractivity contribution in [1.29, 1.82) is 0 Å². The number of hydrogen-bond acceptors (Lipinski definition) is 9. The number of ether oxygens (including phenoxy) is 1. The topological polar surface area (TPSA) is 162 Å². The highest BCUT2D eigenvalue weighted by Crippen LogP contribution is 2.43. The van der Waals surface area contributed by atoms with Gasteiger partial charge in [0.05, 0.1) is 47.1 Å². The first-order valence-corrected chi connectivity index (χ1v) is 20.3. The Hall–Kier alpha value is -5.97. The molecule has 2 unspecified atom stereocenters. The molecule has 0 spiro atoms. The van der Waals surface area contributed by atoms with Crippen molar-refractivity contribution in [3.05, 3.63) is 88.6 Å². The number of halogens is 2. The number of hydrogen-bond donors (Lipinski definition) is 2. The Balaban J connectivity index is 0.842. The Labute approximate surface area is 337 Å². The first kappa shape index (κ1) is 38.5. The minimum absolute atomic E-state index is 0.121. The van der Waals surface area contributed by atoms with Gasteiger partial charge in [0.15, 0.2) is 5.65 Å². The van der Waals surface area contributed by atoms with Crippen LogP contribution >= 0.6 is 0 Å². The van der Waals surface area contributed by atoms with E-state index >= 15 is 8.78 Å². The summed E-state index contributed by atoms with van der Waals surface area (Å²) in [6, 6.07) is 7.66. The van der Waals surface area contributed by atoms with Gasteiger partial charge in [0.25, 0.3) is 11.8 Å². The van der Waals surface area contributed by atoms with Crippen molar-refractivity contribution in [2.75, 3.05) is 25.0 Å². The smallest absolute Gasteiger partial charge is 0.329 e. The molecular formula is C42H46F2N10O5. The summed E-state index contributed by atoms with van der Waals surface area (Å²) >= 11 is 0.